The van der Waals surface area contributed by atoms with Crippen LogP contribution < -0.4 is 5.32 Å². The van der Waals surface area contributed by atoms with Gasteiger partial charge in [0.1, 0.15) is 0 Å². The molecule has 0 radical (unpaired) electrons. The van der Waals surface area contributed by atoms with Crippen molar-refractivity contribution >= 4 is 11.3 Å². The smallest absolute Gasteiger partial charge is 0.0238 e. The molecule has 0 spiro atoms. The second-order valence-electron chi connectivity index (χ2n) is 4.85. The van der Waals surface area contributed by atoms with Gasteiger partial charge in [0.15, 0.2) is 0 Å². The van der Waals surface area contributed by atoms with E-state index in [1.165, 1.54) is 44.5 Å². The average molecular weight is 238 g/mol. The second kappa shape index (κ2) is 6.38. The monoisotopic (exact) mass is 238 g/mol. The van der Waals surface area contributed by atoms with Crippen molar-refractivity contribution in [1.82, 2.24) is 10.2 Å². The van der Waals surface area contributed by atoms with Crippen LogP contribution in [0.3, 0.4) is 0 Å². The van der Waals surface area contributed by atoms with Gasteiger partial charge in [0.2, 0.25) is 0 Å². The average Bonchev–Trinajstić information content (AvgIpc) is 2.81. The summed E-state index contributed by atoms with van der Waals surface area (Å²) in [6.45, 7) is 4.78. The predicted molar refractivity (Wildman–Crippen MR) is 70.9 cm³/mol. The van der Waals surface area contributed by atoms with Crippen LogP contribution in [0.25, 0.3) is 0 Å². The van der Waals surface area contributed by atoms with Crippen molar-refractivity contribution in [3.05, 3.63) is 22.4 Å². The molecule has 0 saturated carbocycles. The molecule has 1 saturated heterocycles. The van der Waals surface area contributed by atoms with E-state index in [4.69, 9.17) is 0 Å². The molecule has 3 heteroatoms. The van der Waals surface area contributed by atoms with E-state index >= 15 is 0 Å². The lowest BCUT2D eigenvalue weighted by molar-refractivity contribution is 0.266. The minimum Gasteiger partial charge on any atom is -0.317 e. The van der Waals surface area contributed by atoms with Crippen LogP contribution in [0.4, 0.5) is 0 Å². The normalized spacial score (nSPS) is 18.1. The molecule has 2 rings (SSSR count). The lowest BCUT2D eigenvalue weighted by atomic mass is 9.94. The van der Waals surface area contributed by atoms with Gasteiger partial charge in [0.05, 0.1) is 0 Å². The van der Waals surface area contributed by atoms with Crippen LogP contribution in [-0.2, 0) is 6.54 Å². The molecule has 0 bridgehead atoms. The third-order valence-corrected chi connectivity index (χ3v) is 4.14. The van der Waals surface area contributed by atoms with Gasteiger partial charge in [-0.25, -0.2) is 0 Å². The molecule has 1 N–H and O–H groups in total. The molecule has 2 nitrogen and oxygen atoms in total. The second-order valence-corrected chi connectivity index (χ2v) is 5.63. The minimum absolute atomic E-state index is 0.950. The lowest BCUT2D eigenvalue weighted by Crippen LogP contribution is -2.30. The van der Waals surface area contributed by atoms with Gasteiger partial charge in [-0.2, -0.15) is 11.3 Å². The van der Waals surface area contributed by atoms with Crippen molar-refractivity contribution in [1.29, 1.82) is 0 Å². The summed E-state index contributed by atoms with van der Waals surface area (Å²) >= 11 is 1.79. The van der Waals surface area contributed by atoms with Crippen molar-refractivity contribution < 1.29 is 0 Å². The first-order valence-electron chi connectivity index (χ1n) is 6.25. The summed E-state index contributed by atoms with van der Waals surface area (Å²) in [4.78, 5) is 2.45. The molecule has 2 heterocycles. The van der Waals surface area contributed by atoms with Crippen LogP contribution in [0.5, 0.6) is 0 Å². The predicted octanol–water partition coefficient (Wildman–Crippen LogP) is 2.57. The molecule has 1 aliphatic rings. The summed E-state index contributed by atoms with van der Waals surface area (Å²) in [5.74, 6) is 0.950. The summed E-state index contributed by atoms with van der Waals surface area (Å²) in [7, 11) is 2.23. The van der Waals surface area contributed by atoms with E-state index in [0.717, 1.165) is 12.5 Å². The Morgan fingerprint density at radius 3 is 2.94 bits per heavy atom. The molecular weight excluding hydrogens is 216 g/mol. The highest BCUT2D eigenvalue weighted by atomic mass is 32.1. The fourth-order valence-electron chi connectivity index (χ4n) is 2.35. The van der Waals surface area contributed by atoms with Gasteiger partial charge in [-0.05, 0) is 74.3 Å². The fraction of sp³-hybridized carbons (Fsp3) is 0.692. The van der Waals surface area contributed by atoms with Crippen molar-refractivity contribution in [2.45, 2.75) is 25.8 Å². The van der Waals surface area contributed by atoms with Gasteiger partial charge in [-0.3, -0.25) is 0 Å². The first-order chi connectivity index (χ1) is 7.84. The SMILES string of the molecule is CN(CCC1CCNCC1)Cc1ccsc1. The first kappa shape index (κ1) is 12.1. The Labute approximate surface area is 103 Å². The molecule has 0 amide bonds. The van der Waals surface area contributed by atoms with E-state index in [1.807, 2.05) is 0 Å². The summed E-state index contributed by atoms with van der Waals surface area (Å²) in [5.41, 5.74) is 1.46. The van der Waals surface area contributed by atoms with Gasteiger partial charge in [-0.15, -0.1) is 0 Å². The van der Waals surface area contributed by atoms with Gasteiger partial charge in [0, 0.05) is 6.54 Å². The number of hydrogen-bond acceptors (Lipinski definition) is 3. The van der Waals surface area contributed by atoms with Crippen LogP contribution in [-0.4, -0.2) is 31.6 Å². The van der Waals surface area contributed by atoms with Crippen LogP contribution in [0.2, 0.25) is 0 Å². The Morgan fingerprint density at radius 2 is 2.25 bits per heavy atom. The molecule has 0 aromatic carbocycles. The van der Waals surface area contributed by atoms with Crippen LogP contribution >= 0.6 is 11.3 Å². The van der Waals surface area contributed by atoms with Crippen LogP contribution in [0, 0.1) is 5.92 Å². The Bertz CT molecular complexity index is 278. The largest absolute Gasteiger partial charge is 0.317 e. The molecule has 1 aliphatic heterocycles. The van der Waals surface area contributed by atoms with Gasteiger partial charge < -0.3 is 10.2 Å². The first-order valence-corrected chi connectivity index (χ1v) is 7.19. The number of piperidine rings is 1. The summed E-state index contributed by atoms with van der Waals surface area (Å²) < 4.78 is 0. The minimum atomic E-state index is 0.950. The van der Waals surface area contributed by atoms with E-state index in [1.54, 1.807) is 11.3 Å². The van der Waals surface area contributed by atoms with E-state index in [9.17, 15) is 0 Å². The maximum absolute atomic E-state index is 3.43. The van der Waals surface area contributed by atoms with E-state index in [-0.39, 0.29) is 0 Å². The maximum atomic E-state index is 3.43. The number of hydrogen-bond donors (Lipinski definition) is 1. The molecule has 16 heavy (non-hydrogen) atoms. The van der Waals surface area contributed by atoms with Crippen LogP contribution in [0.1, 0.15) is 24.8 Å². The van der Waals surface area contributed by atoms with Crippen molar-refractivity contribution in [2.75, 3.05) is 26.7 Å². The van der Waals surface area contributed by atoms with E-state index < -0.39 is 0 Å². The molecule has 1 aromatic heterocycles. The Balaban J connectivity index is 1.65. The number of nitrogens with one attached hydrogen (secondary N) is 1. The molecule has 0 aliphatic carbocycles. The summed E-state index contributed by atoms with van der Waals surface area (Å²) in [6, 6.07) is 2.23. The quantitative estimate of drug-likeness (QED) is 0.848. The van der Waals surface area contributed by atoms with Crippen molar-refractivity contribution in [3.8, 4) is 0 Å². The molecular formula is C13H22N2S. The summed E-state index contributed by atoms with van der Waals surface area (Å²) in [6.07, 6.45) is 4.10. The molecule has 0 atom stereocenters. The highest BCUT2D eigenvalue weighted by Crippen LogP contribution is 2.17. The number of nitrogens with zero attached hydrogens (tertiary/aromatic N) is 1. The van der Waals surface area contributed by atoms with Gasteiger partial charge in [0.25, 0.3) is 0 Å². The van der Waals surface area contributed by atoms with Crippen LogP contribution in [0.15, 0.2) is 16.8 Å². The Kier molecular flexibility index (Phi) is 4.82. The third kappa shape index (κ3) is 3.89. The molecule has 1 aromatic rings. The molecule has 1 fully saturated rings. The highest BCUT2D eigenvalue weighted by molar-refractivity contribution is 7.07. The van der Waals surface area contributed by atoms with Crippen molar-refractivity contribution in [3.63, 3.8) is 0 Å². The van der Waals surface area contributed by atoms with Crippen molar-refractivity contribution in [2.24, 2.45) is 5.92 Å². The summed E-state index contributed by atoms with van der Waals surface area (Å²) in [5, 5.41) is 7.84. The maximum Gasteiger partial charge on any atom is 0.0238 e. The third-order valence-electron chi connectivity index (χ3n) is 3.41. The topological polar surface area (TPSA) is 15.3 Å². The van der Waals surface area contributed by atoms with Gasteiger partial charge >= 0.3 is 0 Å². The van der Waals surface area contributed by atoms with E-state index in [2.05, 4.69) is 34.1 Å². The zero-order valence-electron chi connectivity index (χ0n) is 10.1. The zero-order valence-corrected chi connectivity index (χ0v) is 10.9. The zero-order chi connectivity index (χ0) is 11.2. The number of rotatable bonds is 5. The highest BCUT2D eigenvalue weighted by Gasteiger charge is 2.13. The lowest BCUT2D eigenvalue weighted by Gasteiger charge is -2.25. The Hall–Kier alpha value is -0.380. The fourth-order valence-corrected chi connectivity index (χ4v) is 3.01. The molecule has 0 unspecified atom stereocenters. The number of thiophene rings is 1. The standard InChI is InChI=1S/C13H22N2S/c1-15(10-13-5-9-16-11-13)8-4-12-2-6-14-7-3-12/h5,9,11-12,14H,2-4,6-8,10H2,1H3. The Morgan fingerprint density at radius 1 is 1.44 bits per heavy atom. The molecule has 90 valence electrons. The van der Waals surface area contributed by atoms with E-state index in [0.29, 0.717) is 0 Å². The van der Waals surface area contributed by atoms with Gasteiger partial charge in [-0.1, -0.05) is 0 Å².